The van der Waals surface area contributed by atoms with Gasteiger partial charge in [0.1, 0.15) is 11.2 Å². The van der Waals surface area contributed by atoms with Crippen LogP contribution in [0, 0.1) is 16.7 Å². The number of rotatable bonds is 4. The fourth-order valence-corrected chi connectivity index (χ4v) is 4.24. The van der Waals surface area contributed by atoms with Crippen molar-refractivity contribution >= 4 is 23.5 Å². The molecule has 0 radical (unpaired) electrons. The molecule has 0 aromatic heterocycles. The van der Waals surface area contributed by atoms with Crippen LogP contribution in [0.15, 0.2) is 24.3 Å². The van der Waals surface area contributed by atoms with E-state index in [1.807, 2.05) is 13.8 Å². The molecule has 0 unspecified atom stereocenters. The van der Waals surface area contributed by atoms with Gasteiger partial charge in [0, 0.05) is 12.1 Å². The molecule has 25 heavy (non-hydrogen) atoms. The van der Waals surface area contributed by atoms with E-state index in [0.29, 0.717) is 24.3 Å². The predicted octanol–water partition coefficient (Wildman–Crippen LogP) is 3.56. The van der Waals surface area contributed by atoms with Crippen molar-refractivity contribution in [2.24, 2.45) is 16.7 Å². The highest BCUT2D eigenvalue weighted by Gasteiger charge is 2.69. The van der Waals surface area contributed by atoms with Crippen molar-refractivity contribution in [2.45, 2.75) is 40.0 Å². The second-order valence-electron chi connectivity index (χ2n) is 7.25. The van der Waals surface area contributed by atoms with E-state index in [0.717, 1.165) is 6.42 Å². The van der Waals surface area contributed by atoms with Crippen LogP contribution in [0.3, 0.4) is 0 Å². The maximum absolute atomic E-state index is 12.8. The fraction of sp³-hybridized carbons (Fsp3) is 0.526. The molecule has 0 aliphatic heterocycles. The molecule has 2 atom stereocenters. The molecule has 2 bridgehead atoms. The Kier molecular flexibility index (Phi) is 4.31. The second-order valence-corrected chi connectivity index (χ2v) is 7.25. The number of esters is 1. The molecular formula is C19H23NO5. The Morgan fingerprint density at radius 2 is 1.92 bits per heavy atom. The largest absolute Gasteiger partial charge is 0.450 e. The van der Waals surface area contributed by atoms with Gasteiger partial charge in [-0.05, 0) is 55.4 Å². The molecule has 1 aromatic carbocycles. The van der Waals surface area contributed by atoms with Crippen molar-refractivity contribution < 1.29 is 23.9 Å². The van der Waals surface area contributed by atoms with Gasteiger partial charge < -0.3 is 9.47 Å². The van der Waals surface area contributed by atoms with E-state index in [2.05, 4.69) is 5.32 Å². The van der Waals surface area contributed by atoms with Crippen molar-refractivity contribution in [3.8, 4) is 5.75 Å². The first-order valence-corrected chi connectivity index (χ1v) is 8.60. The van der Waals surface area contributed by atoms with Gasteiger partial charge in [-0.25, -0.2) is 4.79 Å². The van der Waals surface area contributed by atoms with E-state index < -0.39 is 17.5 Å². The van der Waals surface area contributed by atoms with Crippen LogP contribution in [-0.4, -0.2) is 24.5 Å². The summed E-state index contributed by atoms with van der Waals surface area (Å²) < 4.78 is 10.3. The number of benzene rings is 1. The summed E-state index contributed by atoms with van der Waals surface area (Å²) in [7, 11) is 0. The summed E-state index contributed by atoms with van der Waals surface area (Å²) in [5.41, 5.74) is -0.860. The minimum Gasteiger partial charge on any atom is -0.450 e. The normalized spacial score (nSPS) is 26.4. The molecule has 1 aromatic rings. The van der Waals surface area contributed by atoms with Gasteiger partial charge >= 0.3 is 12.1 Å². The highest BCUT2D eigenvalue weighted by molar-refractivity contribution is 6.08. The van der Waals surface area contributed by atoms with E-state index in [9.17, 15) is 14.4 Å². The van der Waals surface area contributed by atoms with Crippen molar-refractivity contribution in [3.05, 3.63) is 24.3 Å². The molecule has 1 amide bonds. The van der Waals surface area contributed by atoms with Gasteiger partial charge in [0.15, 0.2) is 5.78 Å². The third kappa shape index (κ3) is 2.69. The number of hydrogen-bond donors (Lipinski definition) is 1. The molecule has 2 aliphatic rings. The molecule has 134 valence electrons. The van der Waals surface area contributed by atoms with Crippen LogP contribution in [0.4, 0.5) is 10.5 Å². The highest BCUT2D eigenvalue weighted by Crippen LogP contribution is 2.64. The number of nitrogens with one attached hydrogen (secondary N) is 1. The zero-order valence-electron chi connectivity index (χ0n) is 14.8. The second kappa shape index (κ2) is 6.17. The lowest BCUT2D eigenvalue weighted by Gasteiger charge is -2.33. The Bertz CT molecular complexity index is 709. The molecule has 6 nitrogen and oxygen atoms in total. The van der Waals surface area contributed by atoms with Crippen LogP contribution in [0.1, 0.15) is 40.0 Å². The summed E-state index contributed by atoms with van der Waals surface area (Å²) in [5.74, 6) is 0.143. The molecule has 0 saturated heterocycles. The predicted molar refractivity (Wildman–Crippen MR) is 91.3 cm³/mol. The number of Topliss-reactive ketones (excluding diaryl/α,β-unsaturated/α-hetero) is 1. The molecule has 2 fully saturated rings. The molecule has 0 spiro atoms. The topological polar surface area (TPSA) is 81.7 Å². The number of anilines is 1. The van der Waals surface area contributed by atoms with Gasteiger partial charge in [0.25, 0.3) is 0 Å². The molecule has 0 heterocycles. The van der Waals surface area contributed by atoms with Crippen LogP contribution >= 0.6 is 0 Å². The molecule has 2 aliphatic carbocycles. The number of ketones is 1. The van der Waals surface area contributed by atoms with E-state index in [4.69, 9.17) is 9.47 Å². The number of amides is 1. The third-order valence-corrected chi connectivity index (χ3v) is 5.83. The Labute approximate surface area is 146 Å². The minimum absolute atomic E-state index is 0.000604. The Morgan fingerprint density at radius 1 is 1.24 bits per heavy atom. The summed E-state index contributed by atoms with van der Waals surface area (Å²) in [6.07, 6.45) is 1.37. The minimum atomic E-state index is -1.03. The number of hydrogen-bond acceptors (Lipinski definition) is 5. The smallest absolute Gasteiger partial charge is 0.411 e. The lowest BCUT2D eigenvalue weighted by atomic mass is 9.69. The van der Waals surface area contributed by atoms with Crippen molar-refractivity contribution in [2.75, 3.05) is 11.9 Å². The van der Waals surface area contributed by atoms with Gasteiger partial charge in [0.2, 0.25) is 0 Å². The van der Waals surface area contributed by atoms with E-state index in [-0.39, 0.29) is 23.7 Å². The van der Waals surface area contributed by atoms with E-state index in [1.165, 1.54) is 0 Å². The van der Waals surface area contributed by atoms with Crippen LogP contribution in [0.5, 0.6) is 5.75 Å². The van der Waals surface area contributed by atoms with Crippen LogP contribution in [0.25, 0.3) is 0 Å². The average molecular weight is 345 g/mol. The number of ether oxygens (including phenoxy) is 2. The zero-order chi connectivity index (χ0) is 18.2. The fourth-order valence-electron chi connectivity index (χ4n) is 4.24. The van der Waals surface area contributed by atoms with Gasteiger partial charge in [0.05, 0.1) is 6.61 Å². The molecular weight excluding hydrogens is 322 g/mol. The van der Waals surface area contributed by atoms with Gasteiger partial charge in [-0.3, -0.25) is 14.9 Å². The molecule has 3 rings (SSSR count). The van der Waals surface area contributed by atoms with Gasteiger partial charge in [-0.2, -0.15) is 0 Å². The van der Waals surface area contributed by atoms with Gasteiger partial charge in [-0.1, -0.05) is 13.8 Å². The first-order valence-electron chi connectivity index (χ1n) is 8.60. The summed E-state index contributed by atoms with van der Waals surface area (Å²) in [6.45, 7) is 5.99. The Hall–Kier alpha value is -2.37. The van der Waals surface area contributed by atoms with Crippen LogP contribution in [0.2, 0.25) is 0 Å². The van der Waals surface area contributed by atoms with Crippen molar-refractivity contribution in [3.63, 3.8) is 0 Å². The first-order chi connectivity index (χ1) is 11.8. The SMILES string of the molecule is CCOC(=O)Nc1ccc(OC(=O)[C@]23CC[C@H](CC2=O)C3(C)C)cc1. The lowest BCUT2D eigenvalue weighted by molar-refractivity contribution is -0.156. The quantitative estimate of drug-likeness (QED) is 0.513. The van der Waals surface area contributed by atoms with E-state index in [1.54, 1.807) is 31.2 Å². The Morgan fingerprint density at radius 3 is 2.44 bits per heavy atom. The average Bonchev–Trinajstić information content (AvgIpc) is 2.92. The summed E-state index contributed by atoms with van der Waals surface area (Å²) >= 11 is 0. The van der Waals surface area contributed by atoms with Crippen LogP contribution in [-0.2, 0) is 14.3 Å². The number of carbonyl (C=O) groups is 3. The van der Waals surface area contributed by atoms with Crippen molar-refractivity contribution in [1.29, 1.82) is 0 Å². The first kappa shape index (κ1) is 17.5. The van der Waals surface area contributed by atoms with Crippen LogP contribution < -0.4 is 10.1 Å². The summed E-state index contributed by atoms with van der Waals surface area (Å²) in [6, 6.07) is 6.43. The number of fused-ring (bicyclic) bond motifs is 2. The highest BCUT2D eigenvalue weighted by atomic mass is 16.5. The molecule has 6 heteroatoms. The third-order valence-electron chi connectivity index (χ3n) is 5.83. The summed E-state index contributed by atoms with van der Waals surface area (Å²) in [4.78, 5) is 36.7. The number of carbonyl (C=O) groups excluding carboxylic acids is 3. The molecule has 2 saturated carbocycles. The Balaban J connectivity index is 1.71. The standard InChI is InChI=1S/C19H23NO5/c1-4-24-17(23)20-13-5-7-14(8-6-13)25-16(22)19-10-9-12(11-15(19)21)18(19,2)3/h5-8,12H,4,9-11H2,1-3H3,(H,20,23)/t12-,19+/m1/s1. The monoisotopic (exact) mass is 345 g/mol. The maximum Gasteiger partial charge on any atom is 0.411 e. The molecule has 1 N–H and O–H groups in total. The summed E-state index contributed by atoms with van der Waals surface area (Å²) in [5, 5.41) is 2.57. The van der Waals surface area contributed by atoms with E-state index >= 15 is 0 Å². The maximum atomic E-state index is 12.8. The van der Waals surface area contributed by atoms with Gasteiger partial charge in [-0.15, -0.1) is 0 Å². The van der Waals surface area contributed by atoms with Crippen molar-refractivity contribution in [1.82, 2.24) is 0 Å². The lowest BCUT2D eigenvalue weighted by Crippen LogP contribution is -2.45. The zero-order valence-corrected chi connectivity index (χ0v) is 14.8.